The molecule has 0 saturated heterocycles. The van der Waals surface area contributed by atoms with Crippen molar-refractivity contribution in [2.75, 3.05) is 29.5 Å². The number of carboxylic acid groups (broad SMARTS) is 1. The van der Waals surface area contributed by atoms with E-state index in [1.54, 1.807) is 0 Å². The van der Waals surface area contributed by atoms with Gasteiger partial charge in [-0.15, -0.1) is 0 Å². The van der Waals surface area contributed by atoms with E-state index >= 15 is 0 Å². The molecule has 0 saturated carbocycles. The average molecular weight is 805 g/mol. The number of unbranched alkanes of at least 4 members (excludes halogenated alkanes) is 2. The Hall–Kier alpha value is -3.84. The molecule has 0 fully saturated rings. The van der Waals surface area contributed by atoms with Crippen LogP contribution >= 0.6 is 0 Å². The van der Waals surface area contributed by atoms with Gasteiger partial charge >= 0.3 is 5.97 Å². The van der Waals surface area contributed by atoms with E-state index in [4.69, 9.17) is 0 Å². The normalized spacial score (nSPS) is 26.2. The van der Waals surface area contributed by atoms with Crippen LogP contribution in [0.5, 0.6) is 0 Å². The molecular weight excluding hydrogens is 749 g/mol. The molecule has 2 aliphatic carbocycles. The summed E-state index contributed by atoms with van der Waals surface area (Å²) in [7, 11) is -8.33. The van der Waals surface area contributed by atoms with Crippen LogP contribution in [0.15, 0.2) is 95.8 Å². The highest BCUT2D eigenvalue weighted by atomic mass is 32.2. The first kappa shape index (κ1) is 41.8. The summed E-state index contributed by atoms with van der Waals surface area (Å²) >= 11 is 0. The lowest BCUT2D eigenvalue weighted by atomic mass is 9.53. The molecule has 0 spiro atoms. The van der Waals surface area contributed by atoms with Crippen LogP contribution in [0.3, 0.4) is 0 Å². The number of allylic oxidation sites excluding steroid dienone is 8. The Morgan fingerprint density at radius 3 is 2.23 bits per heavy atom. The molecule has 302 valence electrons. The Balaban J connectivity index is 1.36. The highest BCUT2D eigenvalue weighted by Gasteiger charge is 2.60. The van der Waals surface area contributed by atoms with Gasteiger partial charge in [0.05, 0.1) is 21.3 Å². The number of hydrogen-bond donors (Lipinski definition) is 2. The van der Waals surface area contributed by atoms with E-state index in [0.29, 0.717) is 51.6 Å². The molecule has 0 bridgehead atoms. The molecule has 3 atom stereocenters. The summed E-state index contributed by atoms with van der Waals surface area (Å²) in [6.45, 7) is 12.6. The van der Waals surface area contributed by atoms with E-state index in [2.05, 4.69) is 105 Å². The van der Waals surface area contributed by atoms with Crippen LogP contribution in [-0.4, -0.2) is 71.9 Å². The molecule has 0 aromatic heterocycles. The maximum atomic E-state index is 11.7. The van der Waals surface area contributed by atoms with Crippen molar-refractivity contribution in [3.05, 3.63) is 107 Å². The van der Waals surface area contributed by atoms with Crippen LogP contribution in [0.2, 0.25) is 0 Å². The molecule has 2 aliphatic heterocycles. The van der Waals surface area contributed by atoms with Crippen molar-refractivity contribution < 1.29 is 40.4 Å². The van der Waals surface area contributed by atoms with E-state index in [1.165, 1.54) is 22.4 Å². The van der Waals surface area contributed by atoms with Crippen molar-refractivity contribution in [1.82, 2.24) is 0 Å². The van der Waals surface area contributed by atoms with Crippen LogP contribution in [0.4, 0.5) is 11.4 Å². The summed E-state index contributed by atoms with van der Waals surface area (Å²) < 4.78 is 68.6. The number of hydrogen-bond acceptors (Lipinski definition) is 7. The van der Waals surface area contributed by atoms with E-state index in [-0.39, 0.29) is 34.2 Å². The Morgan fingerprint density at radius 1 is 0.857 bits per heavy atom. The average Bonchev–Trinajstić information content (AvgIpc) is 3.50. The minimum absolute atomic E-state index is 0.0883. The molecule has 6 rings (SSSR count). The van der Waals surface area contributed by atoms with E-state index in [0.717, 1.165) is 35.5 Å². The lowest BCUT2D eigenvalue weighted by Gasteiger charge is -2.47. The molecule has 4 aliphatic rings. The lowest BCUT2D eigenvalue weighted by Crippen LogP contribution is -2.49. The van der Waals surface area contributed by atoms with Crippen LogP contribution in [0.25, 0.3) is 0 Å². The molecule has 2 aromatic rings. The Morgan fingerprint density at radius 2 is 1.54 bits per heavy atom. The van der Waals surface area contributed by atoms with Gasteiger partial charge in [0, 0.05) is 59.6 Å². The number of benzene rings is 2. The number of rotatable bonds is 16. The van der Waals surface area contributed by atoms with Crippen LogP contribution < -0.4 is 4.90 Å². The topological polar surface area (TPSA) is 155 Å². The minimum atomic E-state index is -4.27. The Labute approximate surface area is 332 Å². The third-order valence-electron chi connectivity index (χ3n) is 13.3. The smallest absolute Gasteiger partial charge is 0.303 e. The number of aliphatic carboxylic acids is 1. The molecule has 12 heteroatoms. The number of carboxylic acids is 1. The van der Waals surface area contributed by atoms with E-state index in [9.17, 15) is 35.8 Å². The summed E-state index contributed by atoms with van der Waals surface area (Å²) in [6, 6.07) is 16.7. The largest absolute Gasteiger partial charge is 0.748 e. The maximum absolute atomic E-state index is 11.7. The van der Waals surface area contributed by atoms with Crippen LogP contribution in [0, 0.1) is 10.8 Å². The molecule has 2 heterocycles. The molecule has 0 amide bonds. The molecule has 10 nitrogen and oxygen atoms in total. The van der Waals surface area contributed by atoms with Gasteiger partial charge in [-0.1, -0.05) is 75.4 Å². The predicted octanol–water partition coefficient (Wildman–Crippen LogP) is 8.20. The van der Waals surface area contributed by atoms with Gasteiger partial charge in [-0.25, -0.2) is 8.42 Å². The fourth-order valence-electron chi connectivity index (χ4n) is 9.96. The second kappa shape index (κ2) is 15.5. The predicted molar refractivity (Wildman–Crippen MR) is 220 cm³/mol. The number of fused-ring (bicyclic) bond motifs is 6. The zero-order valence-corrected chi connectivity index (χ0v) is 34.9. The monoisotopic (exact) mass is 804 g/mol. The van der Waals surface area contributed by atoms with Crippen molar-refractivity contribution in [3.8, 4) is 0 Å². The molecule has 0 radical (unpaired) electrons. The summed E-state index contributed by atoms with van der Waals surface area (Å²) in [4.78, 5) is 14.0. The number of nitrogens with zero attached hydrogens (tertiary/aromatic N) is 2. The van der Waals surface area contributed by atoms with Gasteiger partial charge < -0.3 is 14.6 Å². The van der Waals surface area contributed by atoms with Crippen molar-refractivity contribution >= 4 is 43.3 Å². The minimum Gasteiger partial charge on any atom is -0.748 e. The molecule has 2 aromatic carbocycles. The molecular formula is C44H56N2O8S2. The van der Waals surface area contributed by atoms with Gasteiger partial charge in [0.15, 0.2) is 5.71 Å². The fourth-order valence-corrected chi connectivity index (χ4v) is 11.1. The third-order valence-corrected chi connectivity index (χ3v) is 14.9. The van der Waals surface area contributed by atoms with Crippen molar-refractivity contribution in [2.24, 2.45) is 10.8 Å². The number of para-hydroxylation sites is 2. The van der Waals surface area contributed by atoms with Crippen molar-refractivity contribution in [3.63, 3.8) is 0 Å². The molecule has 2 N–H and O–H groups in total. The second-order valence-corrected chi connectivity index (χ2v) is 20.4. The zero-order chi connectivity index (χ0) is 40.7. The first-order valence-electron chi connectivity index (χ1n) is 19.7. The lowest BCUT2D eigenvalue weighted by molar-refractivity contribution is -0.438. The van der Waals surface area contributed by atoms with E-state index in [1.807, 2.05) is 18.2 Å². The van der Waals surface area contributed by atoms with Gasteiger partial charge in [-0.3, -0.25) is 9.35 Å². The number of carbonyl (C=O) groups is 1. The summed E-state index contributed by atoms with van der Waals surface area (Å²) in [5.41, 5.74) is 8.02. The molecule has 3 unspecified atom stereocenters. The summed E-state index contributed by atoms with van der Waals surface area (Å²) in [5, 5.41) is 9.56. The first-order valence-corrected chi connectivity index (χ1v) is 22.9. The fraction of sp³-hybridized carbons (Fsp3) is 0.500. The SMILES string of the molecule is CC1(C)C/C(=C\C=C\C2=CC3=[N+](CCCCS(=O)(=O)O)c4ccccc4C3(C)C(C)(CCCC(=O)O)C2)C=C2N(CCCCS(=O)(=O)[O-])c3ccccc3C21C. The van der Waals surface area contributed by atoms with Gasteiger partial charge in [0.1, 0.15) is 6.54 Å². The Kier molecular flexibility index (Phi) is 11.6. The third kappa shape index (κ3) is 7.99. The molecule has 56 heavy (non-hydrogen) atoms. The van der Waals surface area contributed by atoms with Crippen molar-refractivity contribution in [1.29, 1.82) is 0 Å². The van der Waals surface area contributed by atoms with Gasteiger partial charge in [-0.2, -0.15) is 13.0 Å². The van der Waals surface area contributed by atoms with Crippen LogP contribution in [0.1, 0.15) is 104 Å². The first-order chi connectivity index (χ1) is 26.2. The van der Waals surface area contributed by atoms with Gasteiger partial charge in [-0.05, 0) is 98.5 Å². The van der Waals surface area contributed by atoms with Crippen LogP contribution in [-0.2, 0) is 35.9 Å². The summed E-state index contributed by atoms with van der Waals surface area (Å²) in [5.74, 6) is -1.47. The van der Waals surface area contributed by atoms with Gasteiger partial charge in [0.25, 0.3) is 10.1 Å². The zero-order valence-electron chi connectivity index (χ0n) is 33.3. The Bertz CT molecular complexity index is 2270. The second-order valence-electron chi connectivity index (χ2n) is 17.3. The standard InChI is InChI=1S/C44H56N2O8S2/c1-41(2)30-32(28-38-43(41,4)34-18-6-8-20-36(34)45(38)24-10-12-26-55(49,50)51)16-14-17-33-29-39-44(5,42(3,31-33)23-15-22-40(47)48)35-19-7-9-21-37(35)46(39)25-11-13-27-56(52,53)54/h6-9,14,16-21,28-29H,10-13,15,22-27,30-31H2,1-5H3,(H2-,47,48,49,50,51,52,53,54). The number of anilines is 1. The highest BCUT2D eigenvalue weighted by Crippen LogP contribution is 2.61. The van der Waals surface area contributed by atoms with Crippen molar-refractivity contribution in [2.45, 2.75) is 103 Å². The van der Waals surface area contributed by atoms with E-state index < -0.39 is 31.6 Å². The quantitative estimate of drug-likeness (QED) is 0.0971. The maximum Gasteiger partial charge on any atom is 0.303 e. The highest BCUT2D eigenvalue weighted by molar-refractivity contribution is 7.85. The van der Waals surface area contributed by atoms with Gasteiger partial charge in [0.2, 0.25) is 5.69 Å². The summed E-state index contributed by atoms with van der Waals surface area (Å²) in [6.07, 6.45) is 15.7.